The third-order valence-corrected chi connectivity index (χ3v) is 6.11. The number of aliphatic imine (C=N–C) groups is 1. The van der Waals surface area contributed by atoms with Crippen molar-refractivity contribution in [3.8, 4) is 0 Å². The molecule has 2 rings (SSSR count). The van der Waals surface area contributed by atoms with E-state index in [1.807, 2.05) is 13.8 Å². The van der Waals surface area contributed by atoms with Gasteiger partial charge in [-0.25, -0.2) is 13.1 Å². The SMILES string of the molecule is CCNC(=NCC(C)(O)CN1CCOCC1)NCCNS(=O)(=O)c1ccc(C)cc1. The number of morpholine rings is 1. The molecule has 1 saturated heterocycles. The number of β-amino-alcohol motifs (C(OH)–C–C–N with tert-alkyl or cyclic N) is 1. The second kappa shape index (κ2) is 11.6. The maximum atomic E-state index is 12.3. The van der Waals surface area contributed by atoms with E-state index >= 15 is 0 Å². The number of nitrogens with one attached hydrogen (secondary N) is 3. The Labute approximate surface area is 180 Å². The number of benzene rings is 1. The van der Waals surface area contributed by atoms with Gasteiger partial charge in [-0.1, -0.05) is 17.7 Å². The van der Waals surface area contributed by atoms with Crippen molar-refractivity contribution >= 4 is 16.0 Å². The van der Waals surface area contributed by atoms with Crippen LogP contribution in [0.25, 0.3) is 0 Å². The summed E-state index contributed by atoms with van der Waals surface area (Å²) < 4.78 is 32.6. The van der Waals surface area contributed by atoms with E-state index in [-0.39, 0.29) is 18.0 Å². The van der Waals surface area contributed by atoms with E-state index in [0.29, 0.717) is 38.8 Å². The molecule has 1 aliphatic heterocycles. The van der Waals surface area contributed by atoms with Crippen molar-refractivity contribution in [3.63, 3.8) is 0 Å². The molecule has 1 aliphatic rings. The smallest absolute Gasteiger partial charge is 0.240 e. The van der Waals surface area contributed by atoms with Crippen molar-refractivity contribution in [3.05, 3.63) is 29.8 Å². The van der Waals surface area contributed by atoms with Gasteiger partial charge in [0.2, 0.25) is 10.0 Å². The van der Waals surface area contributed by atoms with Gasteiger partial charge in [0.15, 0.2) is 5.96 Å². The molecule has 9 nitrogen and oxygen atoms in total. The Morgan fingerprint density at radius 3 is 2.50 bits per heavy atom. The summed E-state index contributed by atoms with van der Waals surface area (Å²) in [6, 6.07) is 6.72. The summed E-state index contributed by atoms with van der Waals surface area (Å²) in [6.07, 6.45) is 0. The number of guanidine groups is 1. The molecular weight excluding hydrogens is 406 g/mol. The number of hydrogen-bond acceptors (Lipinski definition) is 6. The minimum absolute atomic E-state index is 0.213. The Bertz CT molecular complexity index is 775. The van der Waals surface area contributed by atoms with Gasteiger partial charge in [0.25, 0.3) is 0 Å². The monoisotopic (exact) mass is 441 g/mol. The summed E-state index contributed by atoms with van der Waals surface area (Å²) in [5, 5.41) is 16.9. The molecule has 10 heteroatoms. The van der Waals surface area contributed by atoms with Crippen LogP contribution in [0.4, 0.5) is 0 Å². The van der Waals surface area contributed by atoms with Crippen LogP contribution in [0.2, 0.25) is 0 Å². The summed E-state index contributed by atoms with van der Waals surface area (Å²) >= 11 is 0. The topological polar surface area (TPSA) is 115 Å². The van der Waals surface area contributed by atoms with Gasteiger partial charge >= 0.3 is 0 Å². The normalized spacial score (nSPS) is 18.1. The van der Waals surface area contributed by atoms with Gasteiger partial charge in [-0.15, -0.1) is 0 Å². The van der Waals surface area contributed by atoms with Gasteiger partial charge in [-0.2, -0.15) is 0 Å². The van der Waals surface area contributed by atoms with Crippen molar-refractivity contribution in [2.45, 2.75) is 31.3 Å². The highest BCUT2D eigenvalue weighted by Gasteiger charge is 2.25. The van der Waals surface area contributed by atoms with E-state index < -0.39 is 15.6 Å². The second-order valence-electron chi connectivity index (χ2n) is 7.72. The number of sulfonamides is 1. The van der Waals surface area contributed by atoms with Crippen LogP contribution >= 0.6 is 0 Å². The molecule has 30 heavy (non-hydrogen) atoms. The molecule has 0 spiro atoms. The minimum Gasteiger partial charge on any atom is -0.387 e. The Morgan fingerprint density at radius 1 is 1.20 bits per heavy atom. The highest BCUT2D eigenvalue weighted by Crippen LogP contribution is 2.10. The van der Waals surface area contributed by atoms with Gasteiger partial charge in [0, 0.05) is 39.3 Å². The number of hydrogen-bond donors (Lipinski definition) is 4. The number of rotatable bonds is 10. The zero-order chi connectivity index (χ0) is 22.0. The van der Waals surface area contributed by atoms with Crippen LogP contribution in [-0.2, 0) is 14.8 Å². The van der Waals surface area contributed by atoms with Crippen LogP contribution < -0.4 is 15.4 Å². The molecule has 0 aliphatic carbocycles. The molecule has 1 aromatic carbocycles. The van der Waals surface area contributed by atoms with Gasteiger partial charge < -0.3 is 20.5 Å². The van der Waals surface area contributed by atoms with Crippen molar-refractivity contribution in [2.24, 2.45) is 4.99 Å². The average molecular weight is 442 g/mol. The van der Waals surface area contributed by atoms with E-state index in [9.17, 15) is 13.5 Å². The van der Waals surface area contributed by atoms with Crippen LogP contribution in [0.3, 0.4) is 0 Å². The highest BCUT2D eigenvalue weighted by molar-refractivity contribution is 7.89. The lowest BCUT2D eigenvalue weighted by molar-refractivity contribution is -0.0179. The van der Waals surface area contributed by atoms with Gasteiger partial charge in [0.05, 0.1) is 30.3 Å². The van der Waals surface area contributed by atoms with E-state index in [1.54, 1.807) is 31.2 Å². The summed E-state index contributed by atoms with van der Waals surface area (Å²) in [5.74, 6) is 0.536. The Hall–Kier alpha value is -1.72. The largest absolute Gasteiger partial charge is 0.387 e. The van der Waals surface area contributed by atoms with Gasteiger partial charge in [0.1, 0.15) is 0 Å². The summed E-state index contributed by atoms with van der Waals surface area (Å²) in [5.41, 5.74) is 0.0406. The second-order valence-corrected chi connectivity index (χ2v) is 9.49. The minimum atomic E-state index is -3.55. The van der Waals surface area contributed by atoms with E-state index in [4.69, 9.17) is 4.74 Å². The first-order valence-electron chi connectivity index (χ1n) is 10.3. The van der Waals surface area contributed by atoms with Crippen LogP contribution in [0, 0.1) is 6.92 Å². The summed E-state index contributed by atoms with van der Waals surface area (Å²) in [7, 11) is -3.55. The van der Waals surface area contributed by atoms with Crippen molar-refractivity contribution in [1.29, 1.82) is 0 Å². The predicted molar refractivity (Wildman–Crippen MR) is 118 cm³/mol. The lowest BCUT2D eigenvalue weighted by Crippen LogP contribution is -2.48. The molecule has 0 amide bonds. The Morgan fingerprint density at radius 2 is 1.87 bits per heavy atom. The number of aliphatic hydroxyl groups is 1. The number of nitrogens with zero attached hydrogens (tertiary/aromatic N) is 2. The van der Waals surface area contributed by atoms with E-state index in [0.717, 1.165) is 18.7 Å². The first kappa shape index (κ1) is 24.5. The molecule has 1 unspecified atom stereocenters. The fourth-order valence-corrected chi connectivity index (χ4v) is 4.08. The number of aryl methyl sites for hydroxylation is 1. The van der Waals surface area contributed by atoms with Crippen molar-refractivity contribution in [2.75, 3.05) is 59.0 Å². The fraction of sp³-hybridized carbons (Fsp3) is 0.650. The predicted octanol–water partition coefficient (Wildman–Crippen LogP) is -0.0884. The van der Waals surface area contributed by atoms with Crippen molar-refractivity contribution in [1.82, 2.24) is 20.3 Å². The van der Waals surface area contributed by atoms with E-state index in [1.165, 1.54) is 0 Å². The third-order valence-electron chi connectivity index (χ3n) is 4.63. The van der Waals surface area contributed by atoms with Crippen LogP contribution in [0.1, 0.15) is 19.4 Å². The van der Waals surface area contributed by atoms with Gasteiger partial charge in [-0.05, 0) is 32.9 Å². The molecule has 0 aromatic heterocycles. The molecule has 1 aromatic rings. The highest BCUT2D eigenvalue weighted by atomic mass is 32.2. The molecule has 0 bridgehead atoms. The average Bonchev–Trinajstić information content (AvgIpc) is 2.70. The lowest BCUT2D eigenvalue weighted by Gasteiger charge is -2.33. The molecular formula is C20H35N5O4S. The molecule has 1 heterocycles. The maximum Gasteiger partial charge on any atom is 0.240 e. The zero-order valence-electron chi connectivity index (χ0n) is 18.1. The van der Waals surface area contributed by atoms with Crippen molar-refractivity contribution < 1.29 is 18.3 Å². The lowest BCUT2D eigenvalue weighted by atomic mass is 10.1. The summed E-state index contributed by atoms with van der Waals surface area (Å²) in [6.45, 7) is 10.6. The first-order valence-corrected chi connectivity index (χ1v) is 11.8. The quantitative estimate of drug-likeness (QED) is 0.228. The standard InChI is InChI=1S/C20H35N5O4S/c1-4-21-19(23-15-20(3,26)16-25-11-13-29-14-12-25)22-9-10-24-30(27,28)18-7-5-17(2)6-8-18/h5-8,24,26H,4,9-16H2,1-3H3,(H2,21,22,23). The summed E-state index contributed by atoms with van der Waals surface area (Å²) in [4.78, 5) is 6.87. The molecule has 1 atom stereocenters. The first-order chi connectivity index (χ1) is 14.2. The number of ether oxygens (including phenoxy) is 1. The zero-order valence-corrected chi connectivity index (χ0v) is 19.0. The van der Waals surface area contributed by atoms with Crippen LogP contribution in [0.15, 0.2) is 34.2 Å². The van der Waals surface area contributed by atoms with E-state index in [2.05, 4.69) is 25.2 Å². The molecule has 0 radical (unpaired) electrons. The Kier molecular flexibility index (Phi) is 9.50. The van der Waals surface area contributed by atoms with Crippen LogP contribution in [0.5, 0.6) is 0 Å². The van der Waals surface area contributed by atoms with Crippen LogP contribution in [-0.4, -0.2) is 89.0 Å². The third kappa shape index (κ3) is 8.57. The van der Waals surface area contributed by atoms with Gasteiger partial charge in [-0.3, -0.25) is 9.89 Å². The molecule has 170 valence electrons. The maximum absolute atomic E-state index is 12.3. The molecule has 0 saturated carbocycles. The molecule has 4 N–H and O–H groups in total. The Balaban J connectivity index is 1.81. The molecule has 1 fully saturated rings. The fourth-order valence-electron chi connectivity index (χ4n) is 3.05.